The topological polar surface area (TPSA) is 38.7 Å². The molecule has 5 aromatic carbocycles. The molecule has 0 bridgehead atoms. The Morgan fingerprint density at radius 2 is 1.51 bits per heavy atom. The van der Waals surface area contributed by atoms with Crippen molar-refractivity contribution in [3.8, 4) is 22.6 Å². The van der Waals surface area contributed by atoms with Gasteiger partial charge in [0.25, 0.3) is 0 Å². The molecule has 0 fully saturated rings. The number of aliphatic hydroxyl groups is 1. The second kappa shape index (κ2) is 9.36. The summed E-state index contributed by atoms with van der Waals surface area (Å²) in [5.74, 6) is 1.61. The molecule has 41 heavy (non-hydrogen) atoms. The predicted molar refractivity (Wildman–Crippen MR) is 167 cm³/mol. The minimum atomic E-state index is -1.10. The molecule has 204 valence electrons. The number of benzene rings is 5. The molecule has 3 heteroatoms. The quantitative estimate of drug-likeness (QED) is 0.243. The number of fused-ring (bicyclic) bond motifs is 8. The SMILES string of the molecule is CCCC1(O)c2cc(C)ccc2-c2c1c1c(c3cc(C)ccc23)OC(c2ccccc2)(c2ccc(OC)cc2)C=C1. The Kier molecular flexibility index (Phi) is 5.85. The van der Waals surface area contributed by atoms with E-state index in [1.54, 1.807) is 7.11 Å². The molecule has 3 nitrogen and oxygen atoms in total. The second-order valence-corrected chi connectivity index (χ2v) is 11.5. The van der Waals surface area contributed by atoms with E-state index >= 15 is 0 Å². The van der Waals surface area contributed by atoms with E-state index in [9.17, 15) is 5.11 Å². The Hall–Kier alpha value is -4.34. The minimum Gasteiger partial charge on any atom is -0.497 e. The van der Waals surface area contributed by atoms with Gasteiger partial charge >= 0.3 is 0 Å². The standard InChI is InChI=1S/C38H34O3/c1-5-20-37(39)33-23-25(3)12-18-30(33)34-29-17-11-24(2)22-32(29)36-31(35(34)37)19-21-38(41-36,26-9-7-6-8-10-26)27-13-15-28(40-4)16-14-27/h6-19,21-23,39H,5,20H2,1-4H3. The fourth-order valence-electron chi connectivity index (χ4n) is 6.94. The van der Waals surface area contributed by atoms with Crippen LogP contribution in [0.3, 0.4) is 0 Å². The molecule has 1 aliphatic heterocycles. The van der Waals surface area contributed by atoms with Gasteiger partial charge in [-0.25, -0.2) is 0 Å². The lowest BCUT2D eigenvalue weighted by atomic mass is 9.79. The van der Waals surface area contributed by atoms with Crippen LogP contribution in [0.5, 0.6) is 11.5 Å². The highest BCUT2D eigenvalue weighted by molar-refractivity contribution is 6.08. The van der Waals surface area contributed by atoms with Gasteiger partial charge in [-0.3, -0.25) is 0 Å². The van der Waals surface area contributed by atoms with E-state index in [-0.39, 0.29) is 0 Å². The number of rotatable bonds is 5. The van der Waals surface area contributed by atoms with Crippen LogP contribution in [0.2, 0.25) is 0 Å². The smallest absolute Gasteiger partial charge is 0.178 e. The third-order valence-corrected chi connectivity index (χ3v) is 8.84. The van der Waals surface area contributed by atoms with Crippen LogP contribution >= 0.6 is 0 Å². The second-order valence-electron chi connectivity index (χ2n) is 11.5. The lowest BCUT2D eigenvalue weighted by Gasteiger charge is -2.38. The van der Waals surface area contributed by atoms with Crippen LogP contribution in [0.4, 0.5) is 0 Å². The van der Waals surface area contributed by atoms with Crippen molar-refractivity contribution < 1.29 is 14.6 Å². The number of hydrogen-bond donors (Lipinski definition) is 1. The molecule has 0 radical (unpaired) electrons. The lowest BCUT2D eigenvalue weighted by Crippen LogP contribution is -2.35. The van der Waals surface area contributed by atoms with Crippen molar-refractivity contribution in [1.82, 2.24) is 0 Å². The van der Waals surface area contributed by atoms with Crippen LogP contribution in [0.15, 0.2) is 97.1 Å². The zero-order valence-corrected chi connectivity index (χ0v) is 24.0. The van der Waals surface area contributed by atoms with E-state index in [0.29, 0.717) is 6.42 Å². The summed E-state index contributed by atoms with van der Waals surface area (Å²) in [7, 11) is 1.68. The van der Waals surface area contributed by atoms with E-state index < -0.39 is 11.2 Å². The highest BCUT2D eigenvalue weighted by atomic mass is 16.5. The fraction of sp³-hybridized carbons (Fsp3) is 0.211. The molecule has 1 heterocycles. The van der Waals surface area contributed by atoms with Gasteiger partial charge in [-0.1, -0.05) is 103 Å². The molecule has 1 N–H and O–H groups in total. The van der Waals surface area contributed by atoms with Crippen LogP contribution < -0.4 is 9.47 Å². The molecular weight excluding hydrogens is 504 g/mol. The first kappa shape index (κ1) is 25.6. The van der Waals surface area contributed by atoms with Crippen LogP contribution in [-0.2, 0) is 11.2 Å². The summed E-state index contributed by atoms with van der Waals surface area (Å²) < 4.78 is 12.8. The average molecular weight is 539 g/mol. The molecule has 0 saturated heterocycles. The normalized spacial score (nSPS) is 20.3. The van der Waals surface area contributed by atoms with E-state index in [2.05, 4.69) is 106 Å². The van der Waals surface area contributed by atoms with Crippen molar-refractivity contribution in [2.24, 2.45) is 0 Å². The Bertz CT molecular complexity index is 1830. The summed E-state index contributed by atoms with van der Waals surface area (Å²) in [6.45, 7) is 6.35. The minimum absolute atomic E-state index is 0.635. The first-order valence-corrected chi connectivity index (χ1v) is 14.4. The van der Waals surface area contributed by atoms with E-state index in [1.165, 1.54) is 5.56 Å². The van der Waals surface area contributed by atoms with Gasteiger partial charge < -0.3 is 14.6 Å². The maximum atomic E-state index is 12.6. The fourth-order valence-corrected chi connectivity index (χ4v) is 6.94. The molecular formula is C38H34O3. The summed E-state index contributed by atoms with van der Waals surface area (Å²) in [5, 5.41) is 14.8. The number of methoxy groups -OCH3 is 1. The number of aryl methyl sites for hydroxylation is 2. The van der Waals surface area contributed by atoms with Gasteiger partial charge in [0.15, 0.2) is 5.60 Å². The van der Waals surface area contributed by atoms with E-state index in [0.717, 1.165) is 73.2 Å². The summed E-state index contributed by atoms with van der Waals surface area (Å²) >= 11 is 0. The lowest BCUT2D eigenvalue weighted by molar-refractivity contribution is 0.0738. The zero-order chi connectivity index (χ0) is 28.4. The van der Waals surface area contributed by atoms with E-state index in [4.69, 9.17) is 9.47 Å². The molecule has 0 aromatic heterocycles. The third-order valence-electron chi connectivity index (χ3n) is 8.84. The maximum Gasteiger partial charge on any atom is 0.178 e. The Morgan fingerprint density at radius 1 is 0.805 bits per heavy atom. The summed E-state index contributed by atoms with van der Waals surface area (Å²) in [5.41, 5.74) is 7.55. The van der Waals surface area contributed by atoms with Crippen molar-refractivity contribution in [2.45, 2.75) is 44.8 Å². The van der Waals surface area contributed by atoms with Crippen LogP contribution in [0, 0.1) is 13.8 Å². The summed E-state index contributed by atoms with van der Waals surface area (Å²) in [6, 6.07) is 31.6. The molecule has 7 rings (SSSR count). The first-order chi connectivity index (χ1) is 19.9. The van der Waals surface area contributed by atoms with Crippen molar-refractivity contribution >= 4 is 16.8 Å². The Labute approximate surface area is 241 Å². The van der Waals surface area contributed by atoms with Crippen molar-refractivity contribution in [3.05, 3.63) is 136 Å². The zero-order valence-electron chi connectivity index (χ0n) is 24.0. The molecule has 0 spiro atoms. The largest absolute Gasteiger partial charge is 0.497 e. The van der Waals surface area contributed by atoms with E-state index in [1.807, 2.05) is 18.2 Å². The van der Waals surface area contributed by atoms with Crippen LogP contribution in [-0.4, -0.2) is 12.2 Å². The monoisotopic (exact) mass is 538 g/mol. The van der Waals surface area contributed by atoms with Gasteiger partial charge in [0.05, 0.1) is 7.11 Å². The molecule has 1 aliphatic carbocycles. The van der Waals surface area contributed by atoms with Crippen LogP contribution in [0.1, 0.15) is 58.7 Å². The highest BCUT2D eigenvalue weighted by Gasteiger charge is 2.47. The average Bonchev–Trinajstić information content (AvgIpc) is 3.25. The molecule has 5 aromatic rings. The number of hydrogen-bond acceptors (Lipinski definition) is 3. The predicted octanol–water partition coefficient (Wildman–Crippen LogP) is 8.83. The molecule has 2 aliphatic rings. The van der Waals surface area contributed by atoms with Gasteiger partial charge in [0, 0.05) is 27.6 Å². The molecule has 2 atom stereocenters. The van der Waals surface area contributed by atoms with Gasteiger partial charge in [-0.2, -0.15) is 0 Å². The molecule has 0 saturated carbocycles. The Balaban J connectivity index is 1.57. The molecule has 2 unspecified atom stereocenters. The van der Waals surface area contributed by atoms with Crippen molar-refractivity contribution in [1.29, 1.82) is 0 Å². The highest BCUT2D eigenvalue weighted by Crippen LogP contribution is 2.58. The van der Waals surface area contributed by atoms with Gasteiger partial charge in [-0.15, -0.1) is 0 Å². The van der Waals surface area contributed by atoms with Gasteiger partial charge in [-0.05, 0) is 66.6 Å². The maximum absolute atomic E-state index is 12.6. The third kappa shape index (κ3) is 3.69. The van der Waals surface area contributed by atoms with Crippen molar-refractivity contribution in [2.75, 3.05) is 7.11 Å². The Morgan fingerprint density at radius 3 is 2.24 bits per heavy atom. The van der Waals surface area contributed by atoms with Crippen LogP contribution in [0.25, 0.3) is 28.0 Å². The van der Waals surface area contributed by atoms with Gasteiger partial charge in [0.2, 0.25) is 0 Å². The summed E-state index contributed by atoms with van der Waals surface area (Å²) in [4.78, 5) is 0. The van der Waals surface area contributed by atoms with Gasteiger partial charge in [0.1, 0.15) is 17.1 Å². The first-order valence-electron chi connectivity index (χ1n) is 14.4. The van der Waals surface area contributed by atoms with Crippen molar-refractivity contribution in [3.63, 3.8) is 0 Å². The summed E-state index contributed by atoms with van der Waals surface area (Å²) in [6.07, 6.45) is 5.84. The number of ether oxygens (including phenoxy) is 2. The molecule has 0 amide bonds.